The molecule has 2 heterocycles. The van der Waals surface area contributed by atoms with Gasteiger partial charge < -0.3 is 14.2 Å². The molecule has 7 heteroatoms. The number of benzene rings is 1. The van der Waals surface area contributed by atoms with E-state index in [0.29, 0.717) is 48.0 Å². The molecule has 1 aromatic carbocycles. The van der Waals surface area contributed by atoms with Crippen LogP contribution in [0, 0.1) is 11.3 Å². The predicted octanol–water partition coefficient (Wildman–Crippen LogP) is 3.26. The van der Waals surface area contributed by atoms with E-state index in [2.05, 4.69) is 0 Å². The standard InChI is InChI=1S/C23H26N2O5/c1-4-28-20-9-8-16(12-21(20)29-5-2)11-18-15(3)19(13-24)23(27)25(22(18)26)14-17-7-6-10-30-17/h8-9,11-12,17H,4-7,10,14H2,1-3H3/b18-11+. The quantitative estimate of drug-likeness (QED) is 0.506. The van der Waals surface area contributed by atoms with Crippen molar-refractivity contribution in [3.05, 3.63) is 40.5 Å². The third kappa shape index (κ3) is 4.39. The highest BCUT2D eigenvalue weighted by Crippen LogP contribution is 2.32. The van der Waals surface area contributed by atoms with Crippen molar-refractivity contribution in [3.63, 3.8) is 0 Å². The molecule has 0 N–H and O–H groups in total. The number of nitrogens with zero attached hydrogens (tertiary/aromatic N) is 2. The lowest BCUT2D eigenvalue weighted by atomic mass is 9.93. The van der Waals surface area contributed by atoms with Crippen LogP contribution >= 0.6 is 0 Å². The second-order valence-electron chi connectivity index (χ2n) is 7.10. The van der Waals surface area contributed by atoms with E-state index in [1.54, 1.807) is 25.1 Å². The second-order valence-corrected chi connectivity index (χ2v) is 7.10. The molecule has 158 valence electrons. The molecule has 0 radical (unpaired) electrons. The van der Waals surface area contributed by atoms with Gasteiger partial charge in [0.15, 0.2) is 11.5 Å². The topological polar surface area (TPSA) is 88.9 Å². The number of hydrogen-bond donors (Lipinski definition) is 0. The van der Waals surface area contributed by atoms with Crippen LogP contribution in [-0.4, -0.2) is 49.2 Å². The zero-order valence-electron chi connectivity index (χ0n) is 17.6. The molecule has 2 aliphatic rings. The summed E-state index contributed by atoms with van der Waals surface area (Å²) in [6.45, 7) is 7.15. The van der Waals surface area contributed by atoms with Crippen LogP contribution in [0.3, 0.4) is 0 Å². The van der Waals surface area contributed by atoms with Crippen LogP contribution < -0.4 is 9.47 Å². The average Bonchev–Trinajstić information content (AvgIpc) is 3.24. The molecule has 0 aromatic heterocycles. The molecular formula is C23H26N2O5. The van der Waals surface area contributed by atoms with Gasteiger partial charge in [-0.05, 0) is 63.0 Å². The average molecular weight is 410 g/mol. The predicted molar refractivity (Wildman–Crippen MR) is 111 cm³/mol. The van der Waals surface area contributed by atoms with Gasteiger partial charge in [-0.25, -0.2) is 0 Å². The van der Waals surface area contributed by atoms with Gasteiger partial charge in [-0.15, -0.1) is 0 Å². The monoisotopic (exact) mass is 410 g/mol. The second kappa shape index (κ2) is 9.59. The van der Waals surface area contributed by atoms with Crippen molar-refractivity contribution in [2.24, 2.45) is 0 Å². The van der Waals surface area contributed by atoms with Crippen molar-refractivity contribution in [3.8, 4) is 17.6 Å². The van der Waals surface area contributed by atoms with Crippen molar-refractivity contribution in [2.75, 3.05) is 26.4 Å². The van der Waals surface area contributed by atoms with E-state index in [1.807, 2.05) is 26.0 Å². The summed E-state index contributed by atoms with van der Waals surface area (Å²) in [6, 6.07) is 7.35. The van der Waals surface area contributed by atoms with Crippen molar-refractivity contribution in [1.82, 2.24) is 4.90 Å². The Bertz CT molecular complexity index is 935. The summed E-state index contributed by atoms with van der Waals surface area (Å²) in [5, 5.41) is 9.53. The van der Waals surface area contributed by atoms with Crippen LogP contribution in [0.25, 0.3) is 6.08 Å². The van der Waals surface area contributed by atoms with Crippen LogP contribution in [0.5, 0.6) is 11.5 Å². The summed E-state index contributed by atoms with van der Waals surface area (Å²) >= 11 is 0. The summed E-state index contributed by atoms with van der Waals surface area (Å²) in [6.07, 6.45) is 3.18. The maximum Gasteiger partial charge on any atom is 0.271 e. The molecule has 1 atom stereocenters. The number of ether oxygens (including phenoxy) is 3. The van der Waals surface area contributed by atoms with Gasteiger partial charge in [0.1, 0.15) is 11.6 Å². The highest BCUT2D eigenvalue weighted by Gasteiger charge is 2.37. The first-order chi connectivity index (χ1) is 14.5. The molecule has 1 unspecified atom stereocenters. The van der Waals surface area contributed by atoms with Gasteiger partial charge in [-0.2, -0.15) is 5.26 Å². The number of carbonyl (C=O) groups is 2. The van der Waals surface area contributed by atoms with Crippen molar-refractivity contribution in [2.45, 2.75) is 39.7 Å². The van der Waals surface area contributed by atoms with Crippen molar-refractivity contribution >= 4 is 17.9 Å². The zero-order valence-corrected chi connectivity index (χ0v) is 17.6. The highest BCUT2D eigenvalue weighted by molar-refractivity contribution is 6.19. The minimum Gasteiger partial charge on any atom is -0.490 e. The Labute approximate surface area is 176 Å². The molecule has 2 aliphatic heterocycles. The molecule has 7 nitrogen and oxygen atoms in total. The number of carbonyl (C=O) groups excluding carboxylic acids is 2. The Morgan fingerprint density at radius 2 is 1.93 bits per heavy atom. The van der Waals surface area contributed by atoms with E-state index < -0.39 is 11.8 Å². The van der Waals surface area contributed by atoms with Crippen molar-refractivity contribution < 1.29 is 23.8 Å². The fraction of sp³-hybridized carbons (Fsp3) is 0.435. The summed E-state index contributed by atoms with van der Waals surface area (Å²) in [5.41, 5.74) is 1.39. The van der Waals surface area contributed by atoms with E-state index in [0.717, 1.165) is 17.7 Å². The lowest BCUT2D eigenvalue weighted by Gasteiger charge is -2.29. The zero-order chi connectivity index (χ0) is 21.7. The largest absolute Gasteiger partial charge is 0.490 e. The first kappa shape index (κ1) is 21.6. The molecule has 30 heavy (non-hydrogen) atoms. The molecule has 0 aliphatic carbocycles. The summed E-state index contributed by atoms with van der Waals surface area (Å²) in [5.74, 6) is 0.219. The number of amides is 2. The molecule has 1 saturated heterocycles. The van der Waals surface area contributed by atoms with Crippen molar-refractivity contribution in [1.29, 1.82) is 5.26 Å². The van der Waals surface area contributed by atoms with Gasteiger partial charge in [-0.3, -0.25) is 14.5 Å². The van der Waals surface area contributed by atoms with Gasteiger partial charge in [0.25, 0.3) is 11.8 Å². The normalized spacial score (nSPS) is 20.7. The molecule has 1 aromatic rings. The fourth-order valence-electron chi connectivity index (χ4n) is 3.61. The molecule has 3 rings (SSSR count). The van der Waals surface area contributed by atoms with Crippen LogP contribution in [0.4, 0.5) is 0 Å². The number of hydrogen-bond acceptors (Lipinski definition) is 6. The molecular weight excluding hydrogens is 384 g/mol. The Morgan fingerprint density at radius 1 is 1.20 bits per heavy atom. The first-order valence-corrected chi connectivity index (χ1v) is 10.2. The van der Waals surface area contributed by atoms with Crippen LogP contribution in [-0.2, 0) is 14.3 Å². The summed E-state index contributed by atoms with van der Waals surface area (Å²) in [7, 11) is 0. The van der Waals surface area contributed by atoms with Crippen LogP contribution in [0.15, 0.2) is 34.9 Å². The summed E-state index contributed by atoms with van der Waals surface area (Å²) < 4.78 is 16.8. The Balaban J connectivity index is 1.99. The number of rotatable bonds is 7. The minimum absolute atomic E-state index is 0.0187. The van der Waals surface area contributed by atoms with E-state index >= 15 is 0 Å². The Hall–Kier alpha value is -3.11. The maximum atomic E-state index is 13.2. The summed E-state index contributed by atoms with van der Waals surface area (Å²) in [4.78, 5) is 27.0. The number of imide groups is 1. The van der Waals surface area contributed by atoms with Gasteiger partial charge in [0.2, 0.25) is 0 Å². The van der Waals surface area contributed by atoms with E-state index in [9.17, 15) is 14.9 Å². The van der Waals surface area contributed by atoms with Gasteiger partial charge in [0, 0.05) is 12.2 Å². The van der Waals surface area contributed by atoms with E-state index in [-0.39, 0.29) is 18.2 Å². The molecule has 2 amide bonds. The highest BCUT2D eigenvalue weighted by atomic mass is 16.5. The van der Waals surface area contributed by atoms with Crippen LogP contribution in [0.1, 0.15) is 39.2 Å². The first-order valence-electron chi connectivity index (χ1n) is 10.2. The molecule has 0 bridgehead atoms. The number of nitriles is 1. The third-order valence-electron chi connectivity index (χ3n) is 5.11. The minimum atomic E-state index is -0.561. The van der Waals surface area contributed by atoms with Gasteiger partial charge in [-0.1, -0.05) is 6.07 Å². The van der Waals surface area contributed by atoms with E-state index in [4.69, 9.17) is 14.2 Å². The van der Waals surface area contributed by atoms with Gasteiger partial charge in [0.05, 0.1) is 25.9 Å². The Kier molecular flexibility index (Phi) is 6.91. The third-order valence-corrected chi connectivity index (χ3v) is 5.11. The lowest BCUT2D eigenvalue weighted by molar-refractivity contribution is -0.142. The smallest absolute Gasteiger partial charge is 0.271 e. The van der Waals surface area contributed by atoms with Gasteiger partial charge >= 0.3 is 0 Å². The van der Waals surface area contributed by atoms with E-state index in [1.165, 1.54) is 0 Å². The molecule has 0 saturated carbocycles. The SMILES string of the molecule is CCOc1ccc(/C=C2/C(=O)N(CC3CCCO3)C(=O)C(C#N)=C2C)cc1OCC. The molecule has 0 spiro atoms. The molecule has 1 fully saturated rings. The maximum absolute atomic E-state index is 13.2. The lowest BCUT2D eigenvalue weighted by Crippen LogP contribution is -2.46. The Morgan fingerprint density at radius 3 is 2.57 bits per heavy atom. The fourth-order valence-corrected chi connectivity index (χ4v) is 3.61. The van der Waals surface area contributed by atoms with Crippen LogP contribution in [0.2, 0.25) is 0 Å².